The first-order chi connectivity index (χ1) is 10.8. The van der Waals surface area contributed by atoms with Gasteiger partial charge in [-0.05, 0) is 19.9 Å². The third kappa shape index (κ3) is 3.37. The Morgan fingerprint density at radius 3 is 2.74 bits per heavy atom. The molecule has 2 aromatic rings. The number of amides is 1. The molecule has 0 fully saturated rings. The van der Waals surface area contributed by atoms with E-state index in [0.717, 1.165) is 17.4 Å². The van der Waals surface area contributed by atoms with Gasteiger partial charge in [-0.15, -0.1) is 0 Å². The first kappa shape index (κ1) is 16.6. The third-order valence-electron chi connectivity index (χ3n) is 2.95. The number of hydrogen-bond acceptors (Lipinski definition) is 7. The highest BCUT2D eigenvalue weighted by molar-refractivity contribution is 7.11. The normalized spacial score (nSPS) is 11.5. The lowest BCUT2D eigenvalue weighted by Gasteiger charge is -2.00. The summed E-state index contributed by atoms with van der Waals surface area (Å²) >= 11 is 0.996. The summed E-state index contributed by atoms with van der Waals surface area (Å²) < 4.78 is 11.3. The van der Waals surface area contributed by atoms with Gasteiger partial charge in [-0.1, -0.05) is 11.3 Å². The van der Waals surface area contributed by atoms with Crippen LogP contribution in [0.25, 0.3) is 0 Å². The Bertz CT molecular complexity index is 844. The molecule has 10 heteroatoms. The molecule has 2 heterocycles. The second-order valence-electron chi connectivity index (χ2n) is 4.39. The van der Waals surface area contributed by atoms with Crippen LogP contribution in [0.1, 0.15) is 32.8 Å². The van der Waals surface area contributed by atoms with Crippen molar-refractivity contribution in [2.75, 3.05) is 6.61 Å². The zero-order chi connectivity index (χ0) is 17.1. The molecular formula is C13H13N3O6S. The molecule has 122 valence electrons. The second kappa shape index (κ2) is 6.57. The highest BCUT2D eigenvalue weighted by Gasteiger charge is 2.19. The maximum absolute atomic E-state index is 12.0. The van der Waals surface area contributed by atoms with Crippen LogP contribution in [0.4, 0.5) is 5.88 Å². The predicted molar refractivity (Wildman–Crippen MR) is 79.2 cm³/mol. The molecule has 0 radical (unpaired) electrons. The minimum absolute atomic E-state index is 0.237. The molecule has 0 atom stereocenters. The van der Waals surface area contributed by atoms with Crippen molar-refractivity contribution >= 4 is 29.1 Å². The van der Waals surface area contributed by atoms with Gasteiger partial charge in [-0.2, -0.15) is 4.99 Å². The molecule has 0 aliphatic carbocycles. The van der Waals surface area contributed by atoms with Crippen molar-refractivity contribution < 1.29 is 23.7 Å². The summed E-state index contributed by atoms with van der Waals surface area (Å²) in [4.78, 5) is 38.1. The van der Waals surface area contributed by atoms with Crippen LogP contribution >= 0.6 is 11.3 Å². The summed E-state index contributed by atoms with van der Waals surface area (Å²) in [5.41, 5.74) is 0.602. The molecule has 0 saturated carbocycles. The van der Waals surface area contributed by atoms with Crippen LogP contribution in [0.5, 0.6) is 0 Å². The maximum atomic E-state index is 12.0. The fourth-order valence-electron chi connectivity index (χ4n) is 1.70. The molecule has 0 bridgehead atoms. The summed E-state index contributed by atoms with van der Waals surface area (Å²) in [5, 5.41) is 10.6. The van der Waals surface area contributed by atoms with Gasteiger partial charge >= 0.3 is 17.8 Å². The van der Waals surface area contributed by atoms with E-state index in [9.17, 15) is 19.7 Å². The van der Waals surface area contributed by atoms with Crippen molar-refractivity contribution in [2.45, 2.75) is 13.8 Å². The molecule has 2 rings (SSSR count). The van der Waals surface area contributed by atoms with Gasteiger partial charge in [0.2, 0.25) is 5.76 Å². The highest BCUT2D eigenvalue weighted by atomic mass is 32.1. The van der Waals surface area contributed by atoms with Crippen molar-refractivity contribution in [3.05, 3.63) is 43.4 Å². The van der Waals surface area contributed by atoms with E-state index in [0.29, 0.717) is 10.6 Å². The summed E-state index contributed by atoms with van der Waals surface area (Å²) in [6.07, 6.45) is 0. The minimum Gasteiger partial charge on any atom is -0.462 e. The van der Waals surface area contributed by atoms with E-state index >= 15 is 0 Å². The molecule has 0 aliphatic heterocycles. The lowest BCUT2D eigenvalue weighted by atomic mass is 10.4. The number of nitro groups is 1. The van der Waals surface area contributed by atoms with Gasteiger partial charge < -0.3 is 13.7 Å². The van der Waals surface area contributed by atoms with Crippen molar-refractivity contribution in [2.24, 2.45) is 12.0 Å². The van der Waals surface area contributed by atoms with Gasteiger partial charge in [-0.25, -0.2) is 4.79 Å². The Balaban J connectivity index is 2.38. The number of thiazole rings is 1. The average molecular weight is 339 g/mol. The van der Waals surface area contributed by atoms with E-state index < -0.39 is 22.7 Å². The molecule has 0 saturated heterocycles. The van der Waals surface area contributed by atoms with Crippen LogP contribution in [-0.2, 0) is 11.8 Å². The van der Waals surface area contributed by atoms with Crippen molar-refractivity contribution in [1.82, 2.24) is 4.57 Å². The first-order valence-corrected chi connectivity index (χ1v) is 7.33. The van der Waals surface area contributed by atoms with Gasteiger partial charge in [0, 0.05) is 12.7 Å². The topological polar surface area (TPSA) is 117 Å². The van der Waals surface area contributed by atoms with Gasteiger partial charge in [-0.3, -0.25) is 14.9 Å². The third-order valence-corrected chi connectivity index (χ3v) is 4.17. The van der Waals surface area contributed by atoms with E-state index in [1.807, 2.05) is 0 Å². The molecule has 0 N–H and O–H groups in total. The Kier molecular flexibility index (Phi) is 4.74. The Morgan fingerprint density at radius 2 is 2.17 bits per heavy atom. The second-order valence-corrected chi connectivity index (χ2v) is 5.37. The van der Waals surface area contributed by atoms with Gasteiger partial charge in [0.05, 0.1) is 12.7 Å². The smallest absolute Gasteiger partial charge is 0.433 e. The predicted octanol–water partition coefficient (Wildman–Crippen LogP) is 1.81. The molecule has 23 heavy (non-hydrogen) atoms. The van der Waals surface area contributed by atoms with Crippen molar-refractivity contribution in [3.63, 3.8) is 0 Å². The van der Waals surface area contributed by atoms with Gasteiger partial charge in [0.25, 0.3) is 0 Å². The molecule has 0 unspecified atom stereocenters. The van der Waals surface area contributed by atoms with Crippen LogP contribution in [0.15, 0.2) is 21.5 Å². The summed E-state index contributed by atoms with van der Waals surface area (Å²) in [7, 11) is 1.64. The summed E-state index contributed by atoms with van der Waals surface area (Å²) in [6.45, 7) is 3.63. The molecule has 9 nitrogen and oxygen atoms in total. The highest BCUT2D eigenvalue weighted by Crippen LogP contribution is 2.17. The number of esters is 1. The lowest BCUT2D eigenvalue weighted by molar-refractivity contribution is -0.402. The van der Waals surface area contributed by atoms with Crippen LogP contribution in [0, 0.1) is 17.0 Å². The Morgan fingerprint density at radius 1 is 1.48 bits per heavy atom. The number of hydrogen-bond donors (Lipinski definition) is 0. The average Bonchev–Trinajstić information content (AvgIpc) is 3.08. The SMILES string of the molecule is CCOC(=O)c1sc(=NC(=O)c2ccc([N+](=O)[O-])o2)n(C)c1C. The van der Waals surface area contributed by atoms with Crippen LogP contribution in [-0.4, -0.2) is 28.0 Å². The molecular weight excluding hydrogens is 326 g/mol. The van der Waals surface area contributed by atoms with Crippen LogP contribution in [0.2, 0.25) is 0 Å². The Hall–Kier alpha value is -2.75. The number of furan rings is 1. The fraction of sp³-hybridized carbons (Fsp3) is 0.308. The number of nitrogens with zero attached hydrogens (tertiary/aromatic N) is 3. The lowest BCUT2D eigenvalue weighted by Crippen LogP contribution is -2.14. The van der Waals surface area contributed by atoms with Gasteiger partial charge in [0.1, 0.15) is 9.80 Å². The number of aromatic nitrogens is 1. The maximum Gasteiger partial charge on any atom is 0.433 e. The molecule has 0 spiro atoms. The van der Waals surface area contributed by atoms with E-state index in [2.05, 4.69) is 4.99 Å². The monoisotopic (exact) mass is 339 g/mol. The molecule has 1 amide bonds. The zero-order valence-corrected chi connectivity index (χ0v) is 13.4. The molecule has 0 aromatic carbocycles. The van der Waals surface area contributed by atoms with E-state index in [-0.39, 0.29) is 17.2 Å². The minimum atomic E-state index is -0.773. The van der Waals surface area contributed by atoms with Crippen molar-refractivity contribution in [1.29, 1.82) is 0 Å². The standard InChI is InChI=1S/C13H13N3O6S/c1-4-21-12(18)10-7(2)15(3)13(23-10)14-11(17)8-5-6-9(22-8)16(19)20/h5-6H,4H2,1-3H3. The zero-order valence-electron chi connectivity index (χ0n) is 12.6. The summed E-state index contributed by atoms with van der Waals surface area (Å²) in [6, 6.07) is 2.25. The summed E-state index contributed by atoms with van der Waals surface area (Å²) in [5.74, 6) is -2.05. The van der Waals surface area contributed by atoms with E-state index in [4.69, 9.17) is 9.15 Å². The van der Waals surface area contributed by atoms with E-state index in [1.54, 1.807) is 25.5 Å². The molecule has 0 aliphatic rings. The van der Waals surface area contributed by atoms with Crippen LogP contribution < -0.4 is 4.80 Å². The number of carbonyl (C=O) groups is 2. The Labute approximate surface area is 134 Å². The molecule has 2 aromatic heterocycles. The quantitative estimate of drug-likeness (QED) is 0.476. The van der Waals surface area contributed by atoms with Crippen LogP contribution in [0.3, 0.4) is 0 Å². The number of rotatable bonds is 4. The fourth-order valence-corrected chi connectivity index (χ4v) is 2.71. The van der Waals surface area contributed by atoms with Gasteiger partial charge in [0.15, 0.2) is 4.80 Å². The largest absolute Gasteiger partial charge is 0.462 e. The van der Waals surface area contributed by atoms with E-state index in [1.165, 1.54) is 6.07 Å². The number of ether oxygens (including phenoxy) is 1. The first-order valence-electron chi connectivity index (χ1n) is 6.52. The van der Waals surface area contributed by atoms with Crippen molar-refractivity contribution in [3.8, 4) is 0 Å². The number of carbonyl (C=O) groups excluding carboxylic acids is 2.